The van der Waals surface area contributed by atoms with Gasteiger partial charge in [-0.1, -0.05) is 6.92 Å². The highest BCUT2D eigenvalue weighted by molar-refractivity contribution is 5.92. The first kappa shape index (κ1) is 17.9. The fourth-order valence-corrected chi connectivity index (χ4v) is 3.66. The molecule has 0 aromatic carbocycles. The Morgan fingerprint density at radius 3 is 2.68 bits per heavy atom. The summed E-state index contributed by atoms with van der Waals surface area (Å²) in [4.78, 5) is 28.9. The quantitative estimate of drug-likeness (QED) is 0.877. The highest BCUT2D eigenvalue weighted by atomic mass is 16.2. The number of carbonyl (C=O) groups excluding carboxylic acids is 2. The smallest absolute Gasteiger partial charge is 0.272 e. The first-order valence-corrected chi connectivity index (χ1v) is 9.32. The summed E-state index contributed by atoms with van der Waals surface area (Å²) in [6.07, 6.45) is 5.92. The maximum atomic E-state index is 12.5. The molecule has 1 N–H and O–H groups in total. The van der Waals surface area contributed by atoms with Crippen LogP contribution in [0.25, 0.3) is 0 Å². The van der Waals surface area contributed by atoms with Crippen molar-refractivity contribution in [1.29, 1.82) is 0 Å². The summed E-state index contributed by atoms with van der Waals surface area (Å²) in [7, 11) is 1.80. The molecule has 2 fully saturated rings. The lowest BCUT2D eigenvalue weighted by atomic mass is 9.99. The van der Waals surface area contributed by atoms with Crippen LogP contribution in [0.1, 0.15) is 43.1 Å². The van der Waals surface area contributed by atoms with E-state index in [1.807, 2.05) is 4.90 Å². The van der Waals surface area contributed by atoms with Gasteiger partial charge in [-0.3, -0.25) is 19.2 Å². The number of aromatic nitrogens is 2. The Morgan fingerprint density at radius 1 is 1.24 bits per heavy atom. The zero-order chi connectivity index (χ0) is 17.8. The monoisotopic (exact) mass is 347 g/mol. The Labute approximate surface area is 149 Å². The van der Waals surface area contributed by atoms with Crippen LogP contribution in [0, 0.1) is 5.92 Å². The summed E-state index contributed by atoms with van der Waals surface area (Å²) >= 11 is 0. The molecule has 1 unspecified atom stereocenters. The minimum Gasteiger partial charge on any atom is -0.347 e. The van der Waals surface area contributed by atoms with Gasteiger partial charge in [-0.05, 0) is 44.2 Å². The van der Waals surface area contributed by atoms with Crippen molar-refractivity contribution in [2.75, 3.05) is 32.7 Å². The van der Waals surface area contributed by atoms with Gasteiger partial charge >= 0.3 is 0 Å². The van der Waals surface area contributed by atoms with Gasteiger partial charge in [0.15, 0.2) is 0 Å². The van der Waals surface area contributed by atoms with Gasteiger partial charge in [0, 0.05) is 38.9 Å². The van der Waals surface area contributed by atoms with E-state index in [0.29, 0.717) is 12.2 Å². The predicted octanol–water partition coefficient (Wildman–Crippen LogP) is 0.873. The molecule has 2 saturated heterocycles. The van der Waals surface area contributed by atoms with Gasteiger partial charge in [0.05, 0.1) is 6.54 Å². The lowest BCUT2D eigenvalue weighted by Gasteiger charge is -2.35. The Morgan fingerprint density at radius 2 is 2.00 bits per heavy atom. The van der Waals surface area contributed by atoms with E-state index in [1.54, 1.807) is 24.0 Å². The van der Waals surface area contributed by atoms with Crippen LogP contribution in [0.2, 0.25) is 0 Å². The number of nitrogens with one attached hydrogen (secondary N) is 1. The van der Waals surface area contributed by atoms with Crippen molar-refractivity contribution in [2.45, 2.75) is 38.6 Å². The number of nitrogens with zero attached hydrogens (tertiary/aromatic N) is 4. The molecule has 1 atom stereocenters. The summed E-state index contributed by atoms with van der Waals surface area (Å²) in [6.45, 7) is 6.13. The molecule has 2 aliphatic heterocycles. The topological polar surface area (TPSA) is 70.5 Å². The number of aryl methyl sites for hydroxylation is 1. The normalized spacial score (nSPS) is 22.8. The Balaban J connectivity index is 1.47. The molecular formula is C18H29N5O2. The van der Waals surface area contributed by atoms with E-state index in [2.05, 4.69) is 22.2 Å². The van der Waals surface area contributed by atoms with Crippen molar-refractivity contribution in [3.05, 3.63) is 18.0 Å². The van der Waals surface area contributed by atoms with Crippen molar-refractivity contribution in [3.63, 3.8) is 0 Å². The third-order valence-electron chi connectivity index (χ3n) is 5.28. The predicted molar refractivity (Wildman–Crippen MR) is 95.1 cm³/mol. The van der Waals surface area contributed by atoms with Gasteiger partial charge in [0.2, 0.25) is 5.91 Å². The molecule has 7 nitrogen and oxygen atoms in total. The lowest BCUT2D eigenvalue weighted by Crippen LogP contribution is -2.51. The van der Waals surface area contributed by atoms with Crippen LogP contribution in [-0.4, -0.2) is 70.2 Å². The highest BCUT2D eigenvalue weighted by Crippen LogP contribution is 2.17. The highest BCUT2D eigenvalue weighted by Gasteiger charge is 2.26. The van der Waals surface area contributed by atoms with Crippen molar-refractivity contribution < 1.29 is 9.59 Å². The standard InChI is InChI=1S/C18H29N5O2/c1-14-5-10-23(11-6-14)17(24)13-22-8-3-4-15(12-22)19-18(25)16-7-9-21(2)20-16/h7,9,14-15H,3-6,8,10-13H2,1-2H3,(H,19,25). The molecule has 1 aromatic heterocycles. The van der Waals surface area contributed by atoms with Gasteiger partial charge in [-0.2, -0.15) is 5.10 Å². The summed E-state index contributed by atoms with van der Waals surface area (Å²) in [6, 6.07) is 1.80. The molecule has 25 heavy (non-hydrogen) atoms. The summed E-state index contributed by atoms with van der Waals surface area (Å²) in [5.41, 5.74) is 0.443. The van der Waals surface area contributed by atoms with Crippen molar-refractivity contribution in [3.8, 4) is 0 Å². The maximum absolute atomic E-state index is 12.5. The number of hydrogen-bond donors (Lipinski definition) is 1. The molecule has 0 radical (unpaired) electrons. The molecule has 0 aliphatic carbocycles. The van der Waals surface area contributed by atoms with Crippen molar-refractivity contribution >= 4 is 11.8 Å². The van der Waals surface area contributed by atoms with E-state index < -0.39 is 0 Å². The molecule has 0 bridgehead atoms. The molecule has 2 amide bonds. The number of rotatable bonds is 4. The molecule has 3 heterocycles. The lowest BCUT2D eigenvalue weighted by molar-refractivity contribution is -0.134. The number of carbonyl (C=O) groups is 2. The Bertz CT molecular complexity index is 606. The van der Waals surface area contributed by atoms with E-state index in [9.17, 15) is 9.59 Å². The molecule has 1 aromatic rings. The molecule has 3 rings (SSSR count). The van der Waals surface area contributed by atoms with Gasteiger partial charge in [-0.15, -0.1) is 0 Å². The molecule has 2 aliphatic rings. The first-order valence-electron chi connectivity index (χ1n) is 9.32. The van der Waals surface area contributed by atoms with Crippen LogP contribution in [0.15, 0.2) is 12.3 Å². The average Bonchev–Trinajstić information content (AvgIpc) is 3.02. The second kappa shape index (κ2) is 7.99. The Kier molecular flexibility index (Phi) is 5.73. The average molecular weight is 347 g/mol. The number of piperidine rings is 2. The molecule has 138 valence electrons. The van der Waals surface area contributed by atoms with Gasteiger partial charge in [0.1, 0.15) is 5.69 Å². The molecule has 7 heteroatoms. The van der Waals surface area contributed by atoms with E-state index in [-0.39, 0.29) is 17.9 Å². The van der Waals surface area contributed by atoms with E-state index in [1.165, 1.54) is 0 Å². The van der Waals surface area contributed by atoms with E-state index >= 15 is 0 Å². The van der Waals surface area contributed by atoms with Crippen LogP contribution in [-0.2, 0) is 11.8 Å². The minimum absolute atomic E-state index is 0.0810. The summed E-state index contributed by atoms with van der Waals surface area (Å²) in [5.74, 6) is 0.817. The third-order valence-corrected chi connectivity index (χ3v) is 5.28. The molecule has 0 saturated carbocycles. The summed E-state index contributed by atoms with van der Waals surface area (Å²) in [5, 5.41) is 7.20. The second-order valence-corrected chi connectivity index (χ2v) is 7.49. The first-order chi connectivity index (χ1) is 12.0. The number of likely N-dealkylation sites (tertiary alicyclic amines) is 2. The largest absolute Gasteiger partial charge is 0.347 e. The second-order valence-electron chi connectivity index (χ2n) is 7.49. The van der Waals surface area contributed by atoms with Crippen molar-refractivity contribution in [1.82, 2.24) is 24.9 Å². The van der Waals surface area contributed by atoms with Crippen LogP contribution in [0.4, 0.5) is 0 Å². The third kappa shape index (κ3) is 4.81. The SMILES string of the molecule is CC1CCN(C(=O)CN2CCCC(NC(=O)c3ccn(C)n3)C2)CC1. The van der Waals surface area contributed by atoms with Gasteiger partial charge in [0.25, 0.3) is 5.91 Å². The van der Waals surface area contributed by atoms with Crippen LogP contribution in [0.3, 0.4) is 0 Å². The fraction of sp³-hybridized carbons (Fsp3) is 0.722. The van der Waals surface area contributed by atoms with Crippen LogP contribution >= 0.6 is 0 Å². The number of hydrogen-bond acceptors (Lipinski definition) is 4. The van der Waals surface area contributed by atoms with E-state index in [4.69, 9.17) is 0 Å². The maximum Gasteiger partial charge on any atom is 0.272 e. The molecular weight excluding hydrogens is 318 g/mol. The summed E-state index contributed by atoms with van der Waals surface area (Å²) < 4.78 is 1.63. The minimum atomic E-state index is -0.135. The molecule has 0 spiro atoms. The van der Waals surface area contributed by atoms with Crippen molar-refractivity contribution in [2.24, 2.45) is 13.0 Å². The van der Waals surface area contributed by atoms with Crippen LogP contribution in [0.5, 0.6) is 0 Å². The zero-order valence-electron chi connectivity index (χ0n) is 15.3. The fourth-order valence-electron chi connectivity index (χ4n) is 3.66. The number of amides is 2. The van der Waals surface area contributed by atoms with Gasteiger partial charge in [-0.25, -0.2) is 0 Å². The van der Waals surface area contributed by atoms with Gasteiger partial charge < -0.3 is 10.2 Å². The Hall–Kier alpha value is -1.89. The van der Waals surface area contributed by atoms with E-state index in [0.717, 1.165) is 57.8 Å². The van der Waals surface area contributed by atoms with Crippen LogP contribution < -0.4 is 5.32 Å². The zero-order valence-corrected chi connectivity index (χ0v) is 15.3.